The van der Waals surface area contributed by atoms with Gasteiger partial charge in [-0.2, -0.15) is 0 Å². The third-order valence-electron chi connectivity index (χ3n) is 2.02. The predicted molar refractivity (Wildman–Crippen MR) is 53.1 cm³/mol. The van der Waals surface area contributed by atoms with Gasteiger partial charge in [-0.05, 0) is 10.4 Å². The number of aromatic nitrogens is 4. The van der Waals surface area contributed by atoms with Crippen molar-refractivity contribution in [2.24, 2.45) is 18.7 Å². The van der Waals surface area contributed by atoms with Gasteiger partial charge in [0.05, 0.1) is 5.84 Å². The van der Waals surface area contributed by atoms with Crippen molar-refractivity contribution in [3.05, 3.63) is 0 Å². The molecule has 7 heteroatoms. The number of amidine groups is 1. The molecule has 0 spiro atoms. The Labute approximate surface area is 82.4 Å². The van der Waals surface area contributed by atoms with E-state index in [0.29, 0.717) is 12.5 Å². The summed E-state index contributed by atoms with van der Waals surface area (Å²) in [4.78, 5) is 1.87. The van der Waals surface area contributed by atoms with Crippen LogP contribution in [-0.2, 0) is 7.05 Å². The van der Waals surface area contributed by atoms with E-state index in [1.807, 2.05) is 18.9 Å². The second-order valence-corrected chi connectivity index (χ2v) is 3.34. The van der Waals surface area contributed by atoms with E-state index in [-0.39, 0.29) is 11.8 Å². The van der Waals surface area contributed by atoms with Crippen LogP contribution in [0.2, 0.25) is 0 Å². The van der Waals surface area contributed by atoms with Gasteiger partial charge in [0.1, 0.15) is 0 Å². The molecule has 0 bridgehead atoms. The summed E-state index contributed by atoms with van der Waals surface area (Å²) >= 11 is 0. The van der Waals surface area contributed by atoms with Gasteiger partial charge in [0, 0.05) is 26.6 Å². The fraction of sp³-hybridized carbons (Fsp3) is 0.714. The van der Waals surface area contributed by atoms with E-state index in [4.69, 9.17) is 11.1 Å². The minimum Gasteiger partial charge on any atom is -0.387 e. The highest BCUT2D eigenvalue weighted by atomic mass is 15.6. The van der Waals surface area contributed by atoms with Gasteiger partial charge in [0.25, 0.3) is 0 Å². The second-order valence-electron chi connectivity index (χ2n) is 3.34. The maximum Gasteiger partial charge on any atom is 0.245 e. The molecule has 1 aromatic heterocycles. The topological polar surface area (TPSA) is 96.7 Å². The Hall–Kier alpha value is -1.66. The van der Waals surface area contributed by atoms with Crippen LogP contribution in [0.3, 0.4) is 0 Å². The summed E-state index contributed by atoms with van der Waals surface area (Å²) < 4.78 is 1.58. The van der Waals surface area contributed by atoms with Gasteiger partial charge in [0.15, 0.2) is 0 Å². The molecule has 7 nitrogen and oxygen atoms in total. The van der Waals surface area contributed by atoms with E-state index >= 15 is 0 Å². The third-order valence-corrected chi connectivity index (χ3v) is 2.02. The lowest BCUT2D eigenvalue weighted by molar-refractivity contribution is 0.669. The van der Waals surface area contributed by atoms with Gasteiger partial charge < -0.3 is 10.6 Å². The number of rotatable bonds is 4. The molecule has 0 aromatic carbocycles. The van der Waals surface area contributed by atoms with Crippen LogP contribution in [0.5, 0.6) is 0 Å². The largest absolute Gasteiger partial charge is 0.387 e. The van der Waals surface area contributed by atoms with E-state index < -0.39 is 0 Å². The molecule has 1 atom stereocenters. The maximum atomic E-state index is 7.27. The van der Waals surface area contributed by atoms with E-state index in [1.165, 1.54) is 0 Å². The third kappa shape index (κ3) is 2.18. The van der Waals surface area contributed by atoms with Gasteiger partial charge in [-0.25, -0.2) is 4.68 Å². The fourth-order valence-corrected chi connectivity index (χ4v) is 1.14. The molecule has 0 fully saturated rings. The Morgan fingerprint density at radius 3 is 2.79 bits per heavy atom. The number of tetrazole rings is 1. The number of hydrogen-bond acceptors (Lipinski definition) is 5. The summed E-state index contributed by atoms with van der Waals surface area (Å²) in [5.41, 5.74) is 5.37. The molecule has 1 heterocycles. The number of nitrogens with one attached hydrogen (secondary N) is 1. The summed E-state index contributed by atoms with van der Waals surface area (Å²) in [5.74, 6) is 0.835. The van der Waals surface area contributed by atoms with Crippen LogP contribution in [0.4, 0.5) is 5.95 Å². The number of anilines is 1. The average Bonchev–Trinajstić information content (AvgIpc) is 2.51. The molecular weight excluding hydrogens is 182 g/mol. The quantitative estimate of drug-likeness (QED) is 0.487. The van der Waals surface area contributed by atoms with Crippen LogP contribution in [0.1, 0.15) is 6.92 Å². The zero-order valence-corrected chi connectivity index (χ0v) is 8.60. The van der Waals surface area contributed by atoms with Crippen LogP contribution in [0.25, 0.3) is 0 Å². The summed E-state index contributed by atoms with van der Waals surface area (Å²) in [6.45, 7) is 2.52. The molecule has 1 rings (SSSR count). The standard InChI is InChI=1S/C7H15N7/c1-5(6(8)9)4-13(2)7-10-11-12-14(7)3/h5H,4H2,1-3H3,(H3,8,9). The zero-order valence-electron chi connectivity index (χ0n) is 8.60. The molecule has 14 heavy (non-hydrogen) atoms. The van der Waals surface area contributed by atoms with E-state index in [2.05, 4.69) is 15.5 Å². The molecule has 3 N–H and O–H groups in total. The minimum atomic E-state index is -0.00306. The highest BCUT2D eigenvalue weighted by molar-refractivity contribution is 5.79. The first-order valence-electron chi connectivity index (χ1n) is 4.29. The first-order chi connectivity index (χ1) is 6.52. The summed E-state index contributed by atoms with van der Waals surface area (Å²) in [5, 5.41) is 18.4. The molecule has 0 radical (unpaired) electrons. The molecule has 1 aromatic rings. The van der Waals surface area contributed by atoms with Crippen LogP contribution >= 0.6 is 0 Å². The first-order valence-corrected chi connectivity index (χ1v) is 4.29. The van der Waals surface area contributed by atoms with Crippen molar-refractivity contribution in [1.29, 1.82) is 5.41 Å². The minimum absolute atomic E-state index is 0.00306. The van der Waals surface area contributed by atoms with Gasteiger partial charge in [-0.3, -0.25) is 5.41 Å². The molecule has 1 unspecified atom stereocenters. The van der Waals surface area contributed by atoms with Crippen molar-refractivity contribution in [1.82, 2.24) is 20.2 Å². The molecule has 0 saturated carbocycles. The Bertz CT molecular complexity index is 318. The van der Waals surface area contributed by atoms with Gasteiger partial charge in [-0.1, -0.05) is 12.0 Å². The van der Waals surface area contributed by atoms with Gasteiger partial charge in [0.2, 0.25) is 5.95 Å². The van der Waals surface area contributed by atoms with E-state index in [1.54, 1.807) is 11.7 Å². The Kier molecular flexibility index (Phi) is 3.00. The molecular formula is C7H15N7. The summed E-state index contributed by atoms with van der Waals surface area (Å²) in [7, 11) is 3.63. The predicted octanol–water partition coefficient (Wildman–Crippen LogP) is -0.782. The van der Waals surface area contributed by atoms with Crippen LogP contribution < -0.4 is 10.6 Å². The van der Waals surface area contributed by atoms with E-state index in [0.717, 1.165) is 0 Å². The van der Waals surface area contributed by atoms with Crippen molar-refractivity contribution in [3.8, 4) is 0 Å². The van der Waals surface area contributed by atoms with Gasteiger partial charge >= 0.3 is 0 Å². The van der Waals surface area contributed by atoms with Crippen molar-refractivity contribution in [3.63, 3.8) is 0 Å². The van der Waals surface area contributed by atoms with Crippen LogP contribution in [0.15, 0.2) is 0 Å². The highest BCUT2D eigenvalue weighted by Gasteiger charge is 2.13. The first kappa shape index (κ1) is 10.4. The van der Waals surface area contributed by atoms with Crippen molar-refractivity contribution in [2.45, 2.75) is 6.92 Å². The van der Waals surface area contributed by atoms with Crippen molar-refractivity contribution < 1.29 is 0 Å². The van der Waals surface area contributed by atoms with Crippen LogP contribution in [0, 0.1) is 11.3 Å². The van der Waals surface area contributed by atoms with Crippen molar-refractivity contribution >= 4 is 11.8 Å². The number of hydrogen-bond donors (Lipinski definition) is 2. The maximum absolute atomic E-state index is 7.27. The Morgan fingerprint density at radius 1 is 1.71 bits per heavy atom. The zero-order chi connectivity index (χ0) is 10.7. The summed E-state index contributed by atoms with van der Waals surface area (Å²) in [6.07, 6.45) is 0. The highest BCUT2D eigenvalue weighted by Crippen LogP contribution is 2.06. The van der Waals surface area contributed by atoms with E-state index in [9.17, 15) is 0 Å². The molecule has 0 amide bonds. The smallest absolute Gasteiger partial charge is 0.245 e. The second kappa shape index (κ2) is 4.03. The lowest BCUT2D eigenvalue weighted by atomic mass is 10.1. The van der Waals surface area contributed by atoms with Crippen molar-refractivity contribution in [2.75, 3.05) is 18.5 Å². The Balaban J connectivity index is 2.63. The SMILES string of the molecule is CC(CN(C)c1nnnn1C)C(=N)N. The van der Waals surface area contributed by atoms with Crippen LogP contribution in [-0.4, -0.2) is 39.6 Å². The monoisotopic (exact) mass is 197 g/mol. The molecule has 0 aliphatic heterocycles. The normalized spacial score (nSPS) is 12.5. The molecule has 78 valence electrons. The average molecular weight is 197 g/mol. The Morgan fingerprint density at radius 2 is 2.36 bits per heavy atom. The lowest BCUT2D eigenvalue weighted by Gasteiger charge is -2.20. The number of aryl methyl sites for hydroxylation is 1. The molecule has 0 saturated heterocycles. The van der Waals surface area contributed by atoms with Gasteiger partial charge in [-0.15, -0.1) is 0 Å². The number of nitrogens with two attached hydrogens (primary N) is 1. The number of nitrogens with zero attached hydrogens (tertiary/aromatic N) is 5. The lowest BCUT2D eigenvalue weighted by Crippen LogP contribution is -2.33. The molecule has 0 aliphatic carbocycles. The molecule has 0 aliphatic rings. The fourth-order valence-electron chi connectivity index (χ4n) is 1.14. The summed E-state index contributed by atoms with van der Waals surface area (Å²) in [6, 6.07) is 0.